The molecule has 5 nitrogen and oxygen atoms in total. The van der Waals surface area contributed by atoms with Crippen molar-refractivity contribution in [3.63, 3.8) is 0 Å². The van der Waals surface area contributed by atoms with Gasteiger partial charge in [0.15, 0.2) is 5.75 Å². The predicted molar refractivity (Wildman–Crippen MR) is 99.0 cm³/mol. The van der Waals surface area contributed by atoms with E-state index in [9.17, 15) is 23.2 Å². The number of hydrogen-bond donors (Lipinski definition) is 1. The van der Waals surface area contributed by atoms with E-state index in [0.29, 0.717) is 10.9 Å². The van der Waals surface area contributed by atoms with Crippen molar-refractivity contribution in [2.75, 3.05) is 0 Å². The minimum Gasteiger partial charge on any atom is -0.438 e. The van der Waals surface area contributed by atoms with Gasteiger partial charge in [-0.3, -0.25) is 9.36 Å². The molecule has 1 aliphatic heterocycles. The molecule has 0 spiro atoms. The molecule has 29 heavy (non-hydrogen) atoms. The summed E-state index contributed by atoms with van der Waals surface area (Å²) in [5.74, 6) is -1.74. The van der Waals surface area contributed by atoms with E-state index in [1.807, 2.05) is 6.07 Å². The Labute approximate surface area is 163 Å². The molecule has 0 saturated carbocycles. The topological polar surface area (TPSA) is 81.0 Å². The van der Waals surface area contributed by atoms with Crippen LogP contribution in [0.15, 0.2) is 60.0 Å². The summed E-state index contributed by atoms with van der Waals surface area (Å²) in [7, 11) is 0. The zero-order valence-corrected chi connectivity index (χ0v) is 15.1. The molecule has 3 aromatic rings. The maximum Gasteiger partial charge on any atom is 0.416 e. The number of fused-ring (bicyclic) bond motifs is 3. The highest BCUT2D eigenvalue weighted by atomic mass is 19.4. The Morgan fingerprint density at radius 2 is 1.83 bits per heavy atom. The van der Waals surface area contributed by atoms with Crippen LogP contribution in [0.4, 0.5) is 13.2 Å². The van der Waals surface area contributed by atoms with Gasteiger partial charge in [-0.05, 0) is 23.8 Å². The fourth-order valence-electron chi connectivity index (χ4n) is 3.81. The minimum absolute atomic E-state index is 0.154. The van der Waals surface area contributed by atoms with Crippen LogP contribution in [0.1, 0.15) is 34.5 Å². The van der Waals surface area contributed by atoms with Crippen LogP contribution in [0.5, 0.6) is 5.75 Å². The molecule has 0 amide bonds. The molecule has 146 valence electrons. The molecular weight excluding hydrogens is 383 g/mol. The molecule has 2 aromatic carbocycles. The second kappa shape index (κ2) is 6.41. The number of benzene rings is 2. The highest BCUT2D eigenvalue weighted by Gasteiger charge is 2.42. The Morgan fingerprint density at radius 1 is 1.17 bits per heavy atom. The summed E-state index contributed by atoms with van der Waals surface area (Å²) in [5, 5.41) is 10.2. The van der Waals surface area contributed by atoms with Gasteiger partial charge in [0.25, 0.3) is 0 Å². The third-order valence-electron chi connectivity index (χ3n) is 4.92. The molecule has 0 bridgehead atoms. The average Bonchev–Trinajstić information content (AvgIpc) is 3.00. The summed E-state index contributed by atoms with van der Waals surface area (Å²) in [6.45, 7) is 1.30. The summed E-state index contributed by atoms with van der Waals surface area (Å²) in [6, 6.07) is 13.6. The van der Waals surface area contributed by atoms with Crippen molar-refractivity contribution in [2.24, 2.45) is 5.73 Å². The van der Waals surface area contributed by atoms with Crippen molar-refractivity contribution in [2.45, 2.75) is 19.0 Å². The van der Waals surface area contributed by atoms with Gasteiger partial charge >= 0.3 is 6.18 Å². The van der Waals surface area contributed by atoms with Crippen LogP contribution in [-0.2, 0) is 6.18 Å². The number of para-hydroxylation sites is 1. The largest absolute Gasteiger partial charge is 0.438 e. The lowest BCUT2D eigenvalue weighted by atomic mass is 9.84. The zero-order valence-electron chi connectivity index (χ0n) is 15.1. The first kappa shape index (κ1) is 18.6. The number of alkyl halides is 3. The summed E-state index contributed by atoms with van der Waals surface area (Å²) in [6.07, 6.45) is -4.66. The van der Waals surface area contributed by atoms with E-state index in [4.69, 9.17) is 10.5 Å². The SMILES string of the molecule is CC(=O)n1c2c(c3ccccc31)OC(N)=C(C#N)[C@@H]2c1ccccc1C(F)(F)F. The number of nitrogens with two attached hydrogens (primary N) is 1. The molecular formula is C21H14F3N3O2. The molecule has 1 aromatic heterocycles. The number of nitriles is 1. The molecule has 0 unspecified atom stereocenters. The first-order chi connectivity index (χ1) is 13.8. The van der Waals surface area contributed by atoms with Gasteiger partial charge in [0, 0.05) is 12.3 Å². The molecule has 0 aliphatic carbocycles. The molecule has 1 aliphatic rings. The molecule has 0 fully saturated rings. The lowest BCUT2D eigenvalue weighted by Crippen LogP contribution is -2.25. The maximum atomic E-state index is 13.7. The predicted octanol–water partition coefficient (Wildman–Crippen LogP) is 4.54. The monoisotopic (exact) mass is 397 g/mol. The number of allylic oxidation sites excluding steroid dienone is 1. The van der Waals surface area contributed by atoms with Gasteiger partial charge in [0.2, 0.25) is 11.8 Å². The summed E-state index contributed by atoms with van der Waals surface area (Å²) >= 11 is 0. The fourth-order valence-corrected chi connectivity index (χ4v) is 3.81. The van der Waals surface area contributed by atoms with Crippen molar-refractivity contribution in [1.29, 1.82) is 5.26 Å². The van der Waals surface area contributed by atoms with Crippen LogP contribution < -0.4 is 10.5 Å². The van der Waals surface area contributed by atoms with Crippen molar-refractivity contribution in [1.82, 2.24) is 4.57 Å². The summed E-state index contributed by atoms with van der Waals surface area (Å²) < 4.78 is 48.1. The molecule has 2 N–H and O–H groups in total. The van der Waals surface area contributed by atoms with Crippen LogP contribution in [0.2, 0.25) is 0 Å². The highest BCUT2D eigenvalue weighted by molar-refractivity contribution is 5.98. The van der Waals surface area contributed by atoms with Crippen LogP contribution in [-0.4, -0.2) is 10.5 Å². The van der Waals surface area contributed by atoms with E-state index in [0.717, 1.165) is 6.07 Å². The summed E-state index contributed by atoms with van der Waals surface area (Å²) in [5.41, 5.74) is 5.29. The molecule has 2 heterocycles. The molecule has 1 atom stereocenters. The van der Waals surface area contributed by atoms with Gasteiger partial charge in [-0.2, -0.15) is 18.4 Å². The van der Waals surface area contributed by atoms with Crippen LogP contribution in [0.25, 0.3) is 10.9 Å². The van der Waals surface area contributed by atoms with E-state index in [-0.39, 0.29) is 28.5 Å². The highest BCUT2D eigenvalue weighted by Crippen LogP contribution is 2.49. The van der Waals surface area contributed by atoms with Crippen molar-refractivity contribution in [3.8, 4) is 11.8 Å². The second-order valence-electron chi connectivity index (χ2n) is 6.60. The number of ether oxygens (including phenoxy) is 1. The van der Waals surface area contributed by atoms with Gasteiger partial charge in [0.1, 0.15) is 11.6 Å². The fraction of sp³-hybridized carbons (Fsp3) is 0.143. The number of carbonyl (C=O) groups is 1. The van der Waals surface area contributed by atoms with Gasteiger partial charge in [-0.15, -0.1) is 0 Å². The number of hydrogen-bond acceptors (Lipinski definition) is 4. The van der Waals surface area contributed by atoms with Crippen LogP contribution in [0.3, 0.4) is 0 Å². The molecule has 0 radical (unpaired) electrons. The van der Waals surface area contributed by atoms with Gasteiger partial charge in [-0.25, -0.2) is 0 Å². The number of halogens is 3. The first-order valence-electron chi connectivity index (χ1n) is 8.63. The second-order valence-corrected chi connectivity index (χ2v) is 6.60. The zero-order chi connectivity index (χ0) is 20.9. The maximum absolute atomic E-state index is 13.7. The number of carbonyl (C=O) groups excluding carboxylic acids is 1. The van der Waals surface area contributed by atoms with E-state index < -0.39 is 23.6 Å². The van der Waals surface area contributed by atoms with Gasteiger partial charge in [-0.1, -0.05) is 30.3 Å². The Hall–Kier alpha value is -3.73. The van der Waals surface area contributed by atoms with E-state index in [1.165, 1.54) is 29.7 Å². The van der Waals surface area contributed by atoms with Crippen molar-refractivity contribution >= 4 is 16.8 Å². The Bertz CT molecular complexity index is 1230. The molecule has 8 heteroatoms. The Morgan fingerprint density at radius 3 is 2.48 bits per heavy atom. The van der Waals surface area contributed by atoms with Crippen molar-refractivity contribution < 1.29 is 22.7 Å². The van der Waals surface area contributed by atoms with Gasteiger partial charge < -0.3 is 10.5 Å². The number of aromatic nitrogens is 1. The average molecular weight is 397 g/mol. The lowest BCUT2D eigenvalue weighted by molar-refractivity contribution is -0.138. The Kier molecular flexibility index (Phi) is 4.12. The minimum atomic E-state index is -4.66. The van der Waals surface area contributed by atoms with Crippen LogP contribution in [0, 0.1) is 11.3 Å². The van der Waals surface area contributed by atoms with Gasteiger partial charge in [0.05, 0.1) is 22.7 Å². The smallest absolute Gasteiger partial charge is 0.416 e. The van der Waals surface area contributed by atoms with E-state index in [1.54, 1.807) is 24.3 Å². The first-order valence-corrected chi connectivity index (χ1v) is 8.63. The molecule has 4 rings (SSSR count). The summed E-state index contributed by atoms with van der Waals surface area (Å²) in [4.78, 5) is 12.5. The van der Waals surface area contributed by atoms with Crippen LogP contribution >= 0.6 is 0 Å². The standard InChI is InChI=1S/C21H14F3N3O2/c1-11(28)27-16-9-5-3-7-13(16)19-18(27)17(14(10-25)20(26)29-19)12-6-2-4-8-15(12)21(22,23)24/h2-9,17H,26H2,1H3/t17-/m0/s1. The third-order valence-corrected chi connectivity index (χ3v) is 4.92. The Balaban J connectivity index is 2.15. The van der Waals surface area contributed by atoms with Crippen molar-refractivity contribution in [3.05, 3.63) is 76.8 Å². The number of nitrogens with zero attached hydrogens (tertiary/aromatic N) is 2. The van der Waals surface area contributed by atoms with E-state index in [2.05, 4.69) is 0 Å². The quantitative estimate of drug-likeness (QED) is 0.654. The third kappa shape index (κ3) is 2.74. The normalized spacial score (nSPS) is 16.3. The lowest BCUT2D eigenvalue weighted by Gasteiger charge is -2.27. The van der Waals surface area contributed by atoms with E-state index >= 15 is 0 Å². The molecule has 0 saturated heterocycles. The number of rotatable bonds is 1.